The van der Waals surface area contributed by atoms with Gasteiger partial charge in [-0.3, -0.25) is 19.3 Å². The van der Waals surface area contributed by atoms with Crippen molar-refractivity contribution in [2.45, 2.75) is 109 Å². The Morgan fingerprint density at radius 3 is 2.29 bits per heavy atom. The fourth-order valence-corrected chi connectivity index (χ4v) is 9.29. The monoisotopic (exact) mass is 652 g/mol. The number of hydrogen-bond acceptors (Lipinski definition) is 6. The number of amides is 1. The fraction of sp³-hybridized carbons (Fsp3) is 0.625. The van der Waals surface area contributed by atoms with Gasteiger partial charge in [0.2, 0.25) is 5.91 Å². The Morgan fingerprint density at radius 1 is 0.979 bits per heavy atom. The fourth-order valence-electron chi connectivity index (χ4n) is 9.29. The molecule has 3 aromatic rings. The molecule has 0 spiro atoms. The molecule has 2 bridgehead atoms. The van der Waals surface area contributed by atoms with E-state index < -0.39 is 0 Å². The number of carbonyl (C=O) groups excluding carboxylic acids is 1. The van der Waals surface area contributed by atoms with Crippen LogP contribution in [0.3, 0.4) is 0 Å². The summed E-state index contributed by atoms with van der Waals surface area (Å²) < 4.78 is 7.57. The van der Waals surface area contributed by atoms with E-state index in [1.54, 1.807) is 7.11 Å². The summed E-state index contributed by atoms with van der Waals surface area (Å²) in [6, 6.07) is 12.6. The molecule has 0 atom stereocenters. The highest BCUT2D eigenvalue weighted by molar-refractivity contribution is 5.95. The Hall–Kier alpha value is -3.23. The molecule has 48 heavy (non-hydrogen) atoms. The molecule has 1 aliphatic heterocycles. The van der Waals surface area contributed by atoms with E-state index in [1.807, 2.05) is 17.1 Å². The Morgan fingerprint density at radius 2 is 1.69 bits per heavy atom. The average Bonchev–Trinajstić information content (AvgIpc) is 3.59. The van der Waals surface area contributed by atoms with Crippen LogP contribution in [0, 0.1) is 18.3 Å². The first-order chi connectivity index (χ1) is 23.1. The molecule has 0 radical (unpaired) electrons. The van der Waals surface area contributed by atoms with Crippen LogP contribution in [0.5, 0.6) is 5.75 Å². The number of likely N-dealkylation sites (tertiary alicyclic amines) is 1. The molecule has 1 amide bonds. The Bertz CT molecular complexity index is 1570. The van der Waals surface area contributed by atoms with E-state index in [2.05, 4.69) is 91.2 Å². The number of carbonyl (C=O) groups is 1. The van der Waals surface area contributed by atoms with Gasteiger partial charge >= 0.3 is 0 Å². The van der Waals surface area contributed by atoms with Crippen LogP contribution >= 0.6 is 0 Å². The third-order valence-electron chi connectivity index (χ3n) is 12.8. The van der Waals surface area contributed by atoms with E-state index in [1.165, 1.54) is 30.4 Å². The smallest absolute Gasteiger partial charge is 0.231 e. The number of rotatable bonds is 10. The van der Waals surface area contributed by atoms with Crippen molar-refractivity contribution in [3.8, 4) is 16.9 Å². The highest BCUT2D eigenvalue weighted by atomic mass is 16.5. The van der Waals surface area contributed by atoms with E-state index in [0.717, 1.165) is 87.3 Å². The minimum atomic E-state index is 0.0614. The molecule has 258 valence electrons. The molecule has 0 N–H and O–H groups in total. The normalized spacial score (nSPS) is 27.8. The molecule has 8 rings (SSSR count). The van der Waals surface area contributed by atoms with Crippen molar-refractivity contribution in [3.05, 3.63) is 60.0 Å². The van der Waals surface area contributed by atoms with Crippen molar-refractivity contribution < 1.29 is 9.53 Å². The van der Waals surface area contributed by atoms with Gasteiger partial charge in [0.25, 0.3) is 0 Å². The highest BCUT2D eigenvalue weighted by Gasteiger charge is 2.51. The number of benzene rings is 1. The molecule has 0 unspecified atom stereocenters. The Balaban J connectivity index is 1.11. The zero-order valence-corrected chi connectivity index (χ0v) is 30.1. The predicted molar refractivity (Wildman–Crippen MR) is 193 cm³/mol. The predicted octanol–water partition coefficient (Wildman–Crippen LogP) is 7.27. The maximum Gasteiger partial charge on any atom is 0.231 e. The number of fused-ring (bicyclic) bond motifs is 3. The van der Waals surface area contributed by atoms with E-state index in [0.29, 0.717) is 18.1 Å². The zero-order valence-electron chi connectivity index (χ0n) is 30.1. The average molecular weight is 653 g/mol. The summed E-state index contributed by atoms with van der Waals surface area (Å²) in [6.07, 6.45) is 17.1. The van der Waals surface area contributed by atoms with Gasteiger partial charge in [0.15, 0.2) is 0 Å². The SMILES string of the molecule is COc1ccc(C23CCC(CN(C(=O)C4CCC(N5CC(N(C)C)C5)CC4)c4cc(-c5cnn(C(C)C)c5)ccn4)(CC2)CC3)cc1C. The quantitative estimate of drug-likeness (QED) is 0.230. The van der Waals surface area contributed by atoms with Gasteiger partial charge in [-0.2, -0.15) is 5.10 Å². The molecule has 8 nitrogen and oxygen atoms in total. The lowest BCUT2D eigenvalue weighted by molar-refractivity contribution is -0.124. The van der Waals surface area contributed by atoms with Gasteiger partial charge in [-0.1, -0.05) is 12.1 Å². The molecule has 8 heteroatoms. The molecule has 5 fully saturated rings. The number of hydrogen-bond donors (Lipinski definition) is 0. The van der Waals surface area contributed by atoms with Gasteiger partial charge in [0.05, 0.1) is 13.3 Å². The van der Waals surface area contributed by atoms with E-state index >= 15 is 0 Å². The third-order valence-corrected chi connectivity index (χ3v) is 12.8. The van der Waals surface area contributed by atoms with Crippen LogP contribution in [0.15, 0.2) is 48.9 Å². The maximum atomic E-state index is 14.7. The third kappa shape index (κ3) is 6.31. The first kappa shape index (κ1) is 33.3. The van der Waals surface area contributed by atoms with Crippen molar-refractivity contribution in [2.24, 2.45) is 11.3 Å². The van der Waals surface area contributed by atoms with Crippen molar-refractivity contribution in [1.82, 2.24) is 24.6 Å². The number of ether oxygens (including phenoxy) is 1. The van der Waals surface area contributed by atoms with Crippen LogP contribution in [0.25, 0.3) is 11.1 Å². The molecule has 4 saturated carbocycles. The molecule has 1 saturated heterocycles. The summed E-state index contributed by atoms with van der Waals surface area (Å²) in [7, 11) is 6.12. The van der Waals surface area contributed by atoms with Crippen LogP contribution in [0.1, 0.15) is 95.2 Å². The van der Waals surface area contributed by atoms with Crippen LogP contribution in [0.4, 0.5) is 5.82 Å². The van der Waals surface area contributed by atoms with Gasteiger partial charge in [0, 0.05) is 61.6 Å². The van der Waals surface area contributed by atoms with Crippen molar-refractivity contribution in [1.29, 1.82) is 0 Å². The van der Waals surface area contributed by atoms with Gasteiger partial charge in [-0.25, -0.2) is 4.98 Å². The highest BCUT2D eigenvalue weighted by Crippen LogP contribution is 2.58. The Labute approximate surface area is 287 Å². The first-order valence-electron chi connectivity index (χ1n) is 18.5. The van der Waals surface area contributed by atoms with Gasteiger partial charge < -0.3 is 9.64 Å². The second kappa shape index (κ2) is 13.2. The lowest BCUT2D eigenvalue weighted by Gasteiger charge is -2.55. The van der Waals surface area contributed by atoms with E-state index in [-0.39, 0.29) is 22.7 Å². The lowest BCUT2D eigenvalue weighted by atomic mass is 9.51. The summed E-state index contributed by atoms with van der Waals surface area (Å²) in [6.45, 7) is 9.53. The number of pyridine rings is 1. The summed E-state index contributed by atoms with van der Waals surface area (Å²) >= 11 is 0. The molecule has 4 aliphatic carbocycles. The lowest BCUT2D eigenvalue weighted by Crippen LogP contribution is -2.61. The number of likely N-dealkylation sites (N-methyl/N-ethyl adjacent to an activating group) is 1. The van der Waals surface area contributed by atoms with E-state index in [4.69, 9.17) is 9.72 Å². The summed E-state index contributed by atoms with van der Waals surface area (Å²) in [5, 5.41) is 4.59. The first-order valence-corrected chi connectivity index (χ1v) is 18.5. The van der Waals surface area contributed by atoms with Crippen molar-refractivity contribution in [2.75, 3.05) is 45.7 Å². The molecule has 2 aromatic heterocycles. The number of nitrogens with zero attached hydrogens (tertiary/aromatic N) is 6. The van der Waals surface area contributed by atoms with Crippen LogP contribution in [-0.4, -0.2) is 83.4 Å². The largest absolute Gasteiger partial charge is 0.496 e. The van der Waals surface area contributed by atoms with Crippen molar-refractivity contribution in [3.63, 3.8) is 0 Å². The standard InChI is InChI=1S/C40H56N6O2/c1-28(2)46-24-32(23-42-46)31-13-20-41-37(22-31)45(38(47)30-7-10-34(11-8-30)44-25-35(26-44)43(4)5)27-39-14-17-40(18-15-39,19-16-39)33-9-12-36(48-6)29(3)21-33/h9,12-13,20-24,28,30,34-35H,7-8,10-11,14-19,25-27H2,1-6H3. The zero-order chi connectivity index (χ0) is 33.6. The van der Waals surface area contributed by atoms with Crippen LogP contribution in [-0.2, 0) is 10.2 Å². The maximum absolute atomic E-state index is 14.7. The van der Waals surface area contributed by atoms with Crippen molar-refractivity contribution >= 4 is 11.7 Å². The molecule has 5 aliphatic rings. The number of aromatic nitrogens is 3. The van der Waals surface area contributed by atoms with Gasteiger partial charge in [-0.15, -0.1) is 0 Å². The Kier molecular flexibility index (Phi) is 9.18. The number of methoxy groups -OCH3 is 1. The van der Waals surface area contributed by atoms with Crippen LogP contribution in [0.2, 0.25) is 0 Å². The minimum Gasteiger partial charge on any atom is -0.496 e. The second-order valence-corrected chi connectivity index (χ2v) is 16.2. The minimum absolute atomic E-state index is 0.0614. The summed E-state index contributed by atoms with van der Waals surface area (Å²) in [5.41, 5.74) is 5.20. The topological polar surface area (TPSA) is 66.7 Å². The van der Waals surface area contributed by atoms with E-state index in [9.17, 15) is 4.79 Å². The number of aryl methyl sites for hydroxylation is 1. The molecule has 3 heterocycles. The van der Waals surface area contributed by atoms with Gasteiger partial charge in [-0.05, 0) is 145 Å². The van der Waals surface area contributed by atoms with Gasteiger partial charge in [0.1, 0.15) is 11.6 Å². The molecule has 1 aromatic carbocycles. The molecular weight excluding hydrogens is 596 g/mol. The van der Waals surface area contributed by atoms with Crippen LogP contribution < -0.4 is 9.64 Å². The summed E-state index contributed by atoms with van der Waals surface area (Å²) in [5.74, 6) is 2.11. The molecular formula is C40H56N6O2. The summed E-state index contributed by atoms with van der Waals surface area (Å²) in [4.78, 5) is 26.7. The second-order valence-electron chi connectivity index (χ2n) is 16.2. The number of anilines is 1.